The van der Waals surface area contributed by atoms with Gasteiger partial charge in [0.05, 0.1) is 6.10 Å². The molecule has 2 saturated heterocycles. The van der Waals surface area contributed by atoms with E-state index in [2.05, 4.69) is 11.8 Å². The number of carbonyl (C=O) groups is 1. The number of piperidine rings is 1. The van der Waals surface area contributed by atoms with Crippen molar-refractivity contribution in [2.75, 3.05) is 19.7 Å². The van der Waals surface area contributed by atoms with Gasteiger partial charge < -0.3 is 9.84 Å². The lowest BCUT2D eigenvalue weighted by Gasteiger charge is -2.37. The highest BCUT2D eigenvalue weighted by Gasteiger charge is 2.34. The Hall–Kier alpha value is -0.610. The first-order valence-electron chi connectivity index (χ1n) is 6.79. The zero-order valence-electron chi connectivity index (χ0n) is 10.6. The largest absolute Gasteiger partial charge is 0.480 e. The minimum Gasteiger partial charge on any atom is -0.480 e. The summed E-state index contributed by atoms with van der Waals surface area (Å²) < 4.78 is 5.60. The average Bonchev–Trinajstić information content (AvgIpc) is 2.82. The second-order valence-electron chi connectivity index (χ2n) is 5.28. The van der Waals surface area contributed by atoms with E-state index in [0.717, 1.165) is 51.8 Å². The molecule has 0 amide bonds. The fraction of sp³-hybridized carbons (Fsp3) is 0.923. The van der Waals surface area contributed by atoms with Crippen molar-refractivity contribution in [3.05, 3.63) is 0 Å². The second kappa shape index (κ2) is 5.83. The van der Waals surface area contributed by atoms with Gasteiger partial charge in [0, 0.05) is 13.2 Å². The third kappa shape index (κ3) is 3.19. The maximum Gasteiger partial charge on any atom is 0.320 e. The molecule has 2 aliphatic heterocycles. The van der Waals surface area contributed by atoms with Gasteiger partial charge in [-0.05, 0) is 38.1 Å². The van der Waals surface area contributed by atoms with Crippen LogP contribution in [0.15, 0.2) is 0 Å². The van der Waals surface area contributed by atoms with Crippen LogP contribution in [0.1, 0.15) is 39.0 Å². The summed E-state index contributed by atoms with van der Waals surface area (Å²) in [7, 11) is 0. The number of likely N-dealkylation sites (tertiary alicyclic amines) is 1. The molecule has 2 fully saturated rings. The molecule has 2 aliphatic rings. The average molecular weight is 241 g/mol. The summed E-state index contributed by atoms with van der Waals surface area (Å²) >= 11 is 0. The molecule has 0 bridgehead atoms. The Bertz CT molecular complexity index is 263. The standard InChI is InChI=1S/C13H23NO3/c1-2-10-5-6-14(12(8-10)13(15)16)9-11-4-3-7-17-11/h10-12H,2-9H2,1H3,(H,15,16). The van der Waals surface area contributed by atoms with Crippen molar-refractivity contribution in [1.29, 1.82) is 0 Å². The number of nitrogens with zero attached hydrogens (tertiary/aromatic N) is 1. The predicted octanol–water partition coefficient (Wildman–Crippen LogP) is 1.74. The van der Waals surface area contributed by atoms with E-state index in [9.17, 15) is 9.90 Å². The summed E-state index contributed by atoms with van der Waals surface area (Å²) in [6.07, 6.45) is 5.49. The summed E-state index contributed by atoms with van der Waals surface area (Å²) in [6.45, 7) is 4.70. The van der Waals surface area contributed by atoms with Crippen LogP contribution in [0.4, 0.5) is 0 Å². The molecular weight excluding hydrogens is 218 g/mol. The summed E-state index contributed by atoms with van der Waals surface area (Å²) in [5, 5.41) is 9.31. The fourth-order valence-electron chi connectivity index (χ4n) is 2.98. The van der Waals surface area contributed by atoms with Crippen LogP contribution in [0, 0.1) is 5.92 Å². The Morgan fingerprint density at radius 1 is 1.47 bits per heavy atom. The van der Waals surface area contributed by atoms with Crippen LogP contribution in [0.3, 0.4) is 0 Å². The van der Waals surface area contributed by atoms with Crippen LogP contribution in [0.25, 0.3) is 0 Å². The zero-order valence-corrected chi connectivity index (χ0v) is 10.6. The van der Waals surface area contributed by atoms with Gasteiger partial charge >= 0.3 is 5.97 Å². The van der Waals surface area contributed by atoms with Crippen LogP contribution in [-0.2, 0) is 9.53 Å². The van der Waals surface area contributed by atoms with Crippen LogP contribution < -0.4 is 0 Å². The van der Waals surface area contributed by atoms with E-state index in [-0.39, 0.29) is 12.1 Å². The van der Waals surface area contributed by atoms with Gasteiger partial charge in [-0.15, -0.1) is 0 Å². The number of hydrogen-bond donors (Lipinski definition) is 1. The topological polar surface area (TPSA) is 49.8 Å². The van der Waals surface area contributed by atoms with Crippen LogP contribution in [0.5, 0.6) is 0 Å². The van der Waals surface area contributed by atoms with E-state index in [1.165, 1.54) is 0 Å². The molecule has 98 valence electrons. The molecule has 1 N–H and O–H groups in total. The van der Waals surface area contributed by atoms with Crippen molar-refractivity contribution < 1.29 is 14.6 Å². The van der Waals surface area contributed by atoms with Crippen molar-refractivity contribution in [3.63, 3.8) is 0 Å². The van der Waals surface area contributed by atoms with E-state index in [0.29, 0.717) is 5.92 Å². The molecule has 17 heavy (non-hydrogen) atoms. The van der Waals surface area contributed by atoms with Crippen molar-refractivity contribution in [1.82, 2.24) is 4.90 Å². The first-order valence-corrected chi connectivity index (χ1v) is 6.79. The maximum absolute atomic E-state index is 11.3. The molecule has 3 unspecified atom stereocenters. The van der Waals surface area contributed by atoms with Crippen LogP contribution in [0.2, 0.25) is 0 Å². The fourth-order valence-corrected chi connectivity index (χ4v) is 2.98. The number of rotatable bonds is 4. The highest BCUT2D eigenvalue weighted by molar-refractivity contribution is 5.73. The summed E-state index contributed by atoms with van der Waals surface area (Å²) in [4.78, 5) is 13.4. The molecule has 0 spiro atoms. The Morgan fingerprint density at radius 2 is 2.29 bits per heavy atom. The Balaban J connectivity index is 1.92. The molecule has 0 saturated carbocycles. The van der Waals surface area contributed by atoms with Gasteiger partial charge in [-0.2, -0.15) is 0 Å². The summed E-state index contributed by atoms with van der Waals surface area (Å²) in [5.74, 6) is -0.0852. The third-order valence-electron chi connectivity index (χ3n) is 4.15. The number of hydrogen-bond acceptors (Lipinski definition) is 3. The quantitative estimate of drug-likeness (QED) is 0.814. The molecule has 3 atom stereocenters. The van der Waals surface area contributed by atoms with Gasteiger partial charge in [0.25, 0.3) is 0 Å². The third-order valence-corrected chi connectivity index (χ3v) is 4.15. The van der Waals surface area contributed by atoms with Gasteiger partial charge in [-0.3, -0.25) is 9.69 Å². The molecule has 4 nitrogen and oxygen atoms in total. The molecule has 0 radical (unpaired) electrons. The Kier molecular flexibility index (Phi) is 4.40. The lowest BCUT2D eigenvalue weighted by molar-refractivity contribution is -0.146. The van der Waals surface area contributed by atoms with Gasteiger partial charge in [0.1, 0.15) is 6.04 Å². The molecule has 4 heteroatoms. The van der Waals surface area contributed by atoms with Crippen molar-refractivity contribution >= 4 is 5.97 Å². The summed E-state index contributed by atoms with van der Waals surface area (Å²) in [5.41, 5.74) is 0. The molecule has 0 aliphatic carbocycles. The molecule has 0 aromatic rings. The molecule has 0 aromatic heterocycles. The smallest absolute Gasteiger partial charge is 0.320 e. The van der Waals surface area contributed by atoms with E-state index in [1.807, 2.05) is 0 Å². The van der Waals surface area contributed by atoms with Crippen molar-refractivity contribution in [2.45, 2.75) is 51.2 Å². The van der Waals surface area contributed by atoms with E-state index < -0.39 is 5.97 Å². The zero-order chi connectivity index (χ0) is 12.3. The maximum atomic E-state index is 11.3. The van der Waals surface area contributed by atoms with E-state index in [1.54, 1.807) is 0 Å². The number of aliphatic carboxylic acids is 1. The SMILES string of the molecule is CCC1CCN(CC2CCCO2)C(C(=O)O)C1. The highest BCUT2D eigenvalue weighted by atomic mass is 16.5. The van der Waals surface area contributed by atoms with Gasteiger partial charge in [0.15, 0.2) is 0 Å². The first kappa shape index (κ1) is 12.8. The van der Waals surface area contributed by atoms with Gasteiger partial charge in [-0.25, -0.2) is 0 Å². The van der Waals surface area contributed by atoms with Crippen molar-refractivity contribution in [2.24, 2.45) is 5.92 Å². The van der Waals surface area contributed by atoms with E-state index in [4.69, 9.17) is 4.74 Å². The first-order chi connectivity index (χ1) is 8.20. The predicted molar refractivity (Wildman–Crippen MR) is 65.0 cm³/mol. The van der Waals surface area contributed by atoms with Crippen molar-refractivity contribution in [3.8, 4) is 0 Å². The minimum absolute atomic E-state index is 0.259. The Morgan fingerprint density at radius 3 is 2.88 bits per heavy atom. The molecular formula is C13H23NO3. The molecule has 2 heterocycles. The second-order valence-corrected chi connectivity index (χ2v) is 5.28. The number of carboxylic acids is 1. The van der Waals surface area contributed by atoms with Gasteiger partial charge in [-0.1, -0.05) is 13.3 Å². The Labute approximate surface area is 103 Å². The van der Waals surface area contributed by atoms with E-state index >= 15 is 0 Å². The van der Waals surface area contributed by atoms with Gasteiger partial charge in [0.2, 0.25) is 0 Å². The summed E-state index contributed by atoms with van der Waals surface area (Å²) in [6, 6.07) is -0.294. The highest BCUT2D eigenvalue weighted by Crippen LogP contribution is 2.27. The van der Waals surface area contributed by atoms with Crippen LogP contribution in [-0.4, -0.2) is 47.8 Å². The van der Waals surface area contributed by atoms with Crippen LogP contribution >= 0.6 is 0 Å². The number of ether oxygens (including phenoxy) is 1. The molecule has 0 aromatic carbocycles. The normalized spacial score (nSPS) is 35.0. The number of carboxylic acid groups (broad SMARTS) is 1. The lowest BCUT2D eigenvalue weighted by Crippen LogP contribution is -2.49. The molecule has 2 rings (SSSR count). The lowest BCUT2D eigenvalue weighted by atomic mass is 9.88. The minimum atomic E-state index is -0.666. The monoisotopic (exact) mass is 241 g/mol.